The summed E-state index contributed by atoms with van der Waals surface area (Å²) in [6.45, 7) is 2.19. The summed E-state index contributed by atoms with van der Waals surface area (Å²) in [5.74, 6) is 0.554. The van der Waals surface area contributed by atoms with Gasteiger partial charge in [-0.3, -0.25) is 0 Å². The molecular weight excluding hydrogens is 136 g/mol. The van der Waals surface area contributed by atoms with Crippen molar-refractivity contribution in [2.75, 3.05) is 0 Å². The average molecular weight is 152 g/mol. The molecule has 1 heteroatoms. The Morgan fingerprint density at radius 1 is 1.55 bits per heavy atom. The number of allylic oxidation sites excluding steroid dienone is 4. The van der Waals surface area contributed by atoms with Crippen molar-refractivity contribution in [2.24, 2.45) is 0 Å². The van der Waals surface area contributed by atoms with Crippen LogP contribution in [0.4, 0.5) is 0 Å². The Kier molecular flexibility index (Phi) is 3.21. The van der Waals surface area contributed by atoms with Crippen LogP contribution in [0.15, 0.2) is 23.5 Å². The van der Waals surface area contributed by atoms with E-state index in [0.717, 1.165) is 19.3 Å². The van der Waals surface area contributed by atoms with Crippen molar-refractivity contribution in [3.8, 4) is 0 Å². The van der Waals surface area contributed by atoms with Crippen molar-refractivity contribution in [3.63, 3.8) is 0 Å². The molecule has 0 aromatic heterocycles. The Morgan fingerprint density at radius 3 is 3.00 bits per heavy atom. The fraction of sp³-hybridized carbons (Fsp3) is 0.600. The van der Waals surface area contributed by atoms with E-state index in [-0.39, 0.29) is 0 Å². The normalized spacial score (nSPS) is 17.5. The van der Waals surface area contributed by atoms with Crippen LogP contribution in [0, 0.1) is 0 Å². The van der Waals surface area contributed by atoms with Gasteiger partial charge in [-0.15, -0.1) is 0 Å². The molecule has 0 radical (unpaired) electrons. The van der Waals surface area contributed by atoms with E-state index in [9.17, 15) is 5.11 Å². The standard InChI is InChI=1S/C10H16O/c1-2-3-5-9-6-4-7-10(11)8-9/h6,8,11H,2-5,7H2,1H3. The molecule has 1 aliphatic rings. The molecule has 1 aliphatic carbocycles. The van der Waals surface area contributed by atoms with Crippen molar-refractivity contribution in [3.05, 3.63) is 23.5 Å². The van der Waals surface area contributed by atoms with Gasteiger partial charge in [-0.1, -0.05) is 19.4 Å². The molecule has 0 fully saturated rings. The number of aliphatic hydroxyl groups excluding tert-OH is 1. The van der Waals surface area contributed by atoms with E-state index in [1.54, 1.807) is 0 Å². The predicted molar refractivity (Wildman–Crippen MR) is 47.6 cm³/mol. The SMILES string of the molecule is CCCCC1=CCCC(O)=C1. The van der Waals surface area contributed by atoms with E-state index in [2.05, 4.69) is 13.0 Å². The number of rotatable bonds is 3. The molecule has 0 unspecified atom stereocenters. The summed E-state index contributed by atoms with van der Waals surface area (Å²) >= 11 is 0. The lowest BCUT2D eigenvalue weighted by molar-refractivity contribution is 0.386. The van der Waals surface area contributed by atoms with Crippen LogP contribution in [0.2, 0.25) is 0 Å². The topological polar surface area (TPSA) is 20.2 Å². The molecule has 1 rings (SSSR count). The fourth-order valence-corrected chi connectivity index (χ4v) is 1.31. The number of unbranched alkanes of at least 4 members (excludes halogenated alkanes) is 1. The monoisotopic (exact) mass is 152 g/mol. The zero-order valence-electron chi connectivity index (χ0n) is 7.14. The molecule has 62 valence electrons. The van der Waals surface area contributed by atoms with Crippen LogP contribution in [0.1, 0.15) is 39.0 Å². The maximum absolute atomic E-state index is 9.20. The van der Waals surface area contributed by atoms with Crippen molar-refractivity contribution in [1.82, 2.24) is 0 Å². The van der Waals surface area contributed by atoms with Gasteiger partial charge < -0.3 is 5.11 Å². The summed E-state index contributed by atoms with van der Waals surface area (Å²) < 4.78 is 0. The molecule has 0 atom stereocenters. The number of hydrogen-bond donors (Lipinski definition) is 1. The second-order valence-electron chi connectivity index (χ2n) is 3.06. The van der Waals surface area contributed by atoms with Crippen molar-refractivity contribution in [2.45, 2.75) is 39.0 Å². The fourth-order valence-electron chi connectivity index (χ4n) is 1.31. The summed E-state index contributed by atoms with van der Waals surface area (Å²) in [5.41, 5.74) is 1.32. The van der Waals surface area contributed by atoms with Gasteiger partial charge in [0.2, 0.25) is 0 Å². The van der Waals surface area contributed by atoms with Gasteiger partial charge in [-0.25, -0.2) is 0 Å². The van der Waals surface area contributed by atoms with Crippen LogP contribution < -0.4 is 0 Å². The minimum Gasteiger partial charge on any atom is -0.512 e. The van der Waals surface area contributed by atoms with Gasteiger partial charge in [0.1, 0.15) is 0 Å². The van der Waals surface area contributed by atoms with Crippen molar-refractivity contribution < 1.29 is 5.11 Å². The second-order valence-corrected chi connectivity index (χ2v) is 3.06. The minimum absolute atomic E-state index is 0.554. The predicted octanol–water partition coefficient (Wildman–Crippen LogP) is 3.34. The third kappa shape index (κ3) is 2.79. The number of hydrogen-bond acceptors (Lipinski definition) is 1. The molecule has 0 bridgehead atoms. The highest BCUT2D eigenvalue weighted by molar-refractivity contribution is 5.24. The summed E-state index contributed by atoms with van der Waals surface area (Å²) in [4.78, 5) is 0. The summed E-state index contributed by atoms with van der Waals surface area (Å²) in [6, 6.07) is 0. The van der Waals surface area contributed by atoms with Gasteiger partial charge in [-0.05, 0) is 30.9 Å². The van der Waals surface area contributed by atoms with Crippen molar-refractivity contribution in [1.29, 1.82) is 0 Å². The van der Waals surface area contributed by atoms with Crippen LogP contribution >= 0.6 is 0 Å². The third-order valence-corrected chi connectivity index (χ3v) is 1.98. The van der Waals surface area contributed by atoms with Gasteiger partial charge >= 0.3 is 0 Å². The van der Waals surface area contributed by atoms with Crippen LogP contribution in [0.5, 0.6) is 0 Å². The Bertz CT molecular complexity index is 177. The average Bonchev–Trinajstić information content (AvgIpc) is 2.01. The molecule has 11 heavy (non-hydrogen) atoms. The van der Waals surface area contributed by atoms with Crippen LogP contribution in [0.25, 0.3) is 0 Å². The van der Waals surface area contributed by atoms with E-state index in [4.69, 9.17) is 0 Å². The molecule has 0 spiro atoms. The lowest BCUT2D eigenvalue weighted by Gasteiger charge is -2.08. The molecule has 0 heterocycles. The van der Waals surface area contributed by atoms with Gasteiger partial charge in [0.05, 0.1) is 5.76 Å². The first-order valence-corrected chi connectivity index (χ1v) is 4.41. The highest BCUT2D eigenvalue weighted by Gasteiger charge is 2.02. The van der Waals surface area contributed by atoms with Gasteiger partial charge in [0.15, 0.2) is 0 Å². The first-order valence-electron chi connectivity index (χ1n) is 4.41. The van der Waals surface area contributed by atoms with E-state index in [1.165, 1.54) is 18.4 Å². The molecule has 0 amide bonds. The van der Waals surface area contributed by atoms with Crippen LogP contribution in [-0.4, -0.2) is 5.11 Å². The van der Waals surface area contributed by atoms with E-state index < -0.39 is 0 Å². The summed E-state index contributed by atoms with van der Waals surface area (Å²) in [6.07, 6.45) is 9.58. The maximum Gasteiger partial charge on any atom is 0.0928 e. The Hall–Kier alpha value is -0.720. The molecule has 0 aromatic rings. The Labute approximate surface area is 68.4 Å². The molecule has 0 aromatic carbocycles. The van der Waals surface area contributed by atoms with Gasteiger partial charge in [-0.2, -0.15) is 0 Å². The third-order valence-electron chi connectivity index (χ3n) is 1.98. The zero-order valence-corrected chi connectivity index (χ0v) is 7.14. The summed E-state index contributed by atoms with van der Waals surface area (Å²) in [5, 5.41) is 9.20. The lowest BCUT2D eigenvalue weighted by atomic mass is 10.0. The van der Waals surface area contributed by atoms with Crippen LogP contribution in [-0.2, 0) is 0 Å². The lowest BCUT2D eigenvalue weighted by Crippen LogP contribution is -1.91. The zero-order chi connectivity index (χ0) is 8.10. The smallest absolute Gasteiger partial charge is 0.0928 e. The van der Waals surface area contributed by atoms with Crippen LogP contribution in [0.3, 0.4) is 0 Å². The van der Waals surface area contributed by atoms with Gasteiger partial charge in [0.25, 0.3) is 0 Å². The first kappa shape index (κ1) is 8.38. The van der Waals surface area contributed by atoms with E-state index >= 15 is 0 Å². The molecule has 0 saturated heterocycles. The highest BCUT2D eigenvalue weighted by Crippen LogP contribution is 2.19. The first-order chi connectivity index (χ1) is 5.33. The maximum atomic E-state index is 9.20. The molecule has 0 aliphatic heterocycles. The highest BCUT2D eigenvalue weighted by atomic mass is 16.3. The van der Waals surface area contributed by atoms with E-state index in [1.807, 2.05) is 6.08 Å². The number of aliphatic hydroxyl groups is 1. The Balaban J connectivity index is 2.39. The molecule has 0 saturated carbocycles. The largest absolute Gasteiger partial charge is 0.512 e. The van der Waals surface area contributed by atoms with Gasteiger partial charge in [0, 0.05) is 6.42 Å². The summed E-state index contributed by atoms with van der Waals surface area (Å²) in [7, 11) is 0. The molecular formula is C10H16O. The molecule has 1 nitrogen and oxygen atoms in total. The Morgan fingerprint density at radius 2 is 2.36 bits per heavy atom. The van der Waals surface area contributed by atoms with Crippen molar-refractivity contribution >= 4 is 0 Å². The molecule has 1 N–H and O–H groups in total. The van der Waals surface area contributed by atoms with E-state index in [0.29, 0.717) is 5.76 Å². The quantitative estimate of drug-likeness (QED) is 0.657. The second kappa shape index (κ2) is 4.22. The minimum atomic E-state index is 0.554.